The van der Waals surface area contributed by atoms with Crippen molar-refractivity contribution in [1.29, 1.82) is 0 Å². The zero-order chi connectivity index (χ0) is 22.9. The number of hydrogen-bond donors (Lipinski definition) is 2. The summed E-state index contributed by atoms with van der Waals surface area (Å²) in [5.41, 5.74) is 5.31. The molecule has 1 saturated carbocycles. The van der Waals surface area contributed by atoms with Crippen LogP contribution in [0.5, 0.6) is 0 Å². The number of anilines is 2. The van der Waals surface area contributed by atoms with Gasteiger partial charge in [-0.25, -0.2) is 9.78 Å². The number of rotatable bonds is 5. The number of carbonyl (C=O) groups is 1. The molecule has 3 heterocycles. The van der Waals surface area contributed by atoms with E-state index in [1.807, 2.05) is 42.4 Å². The SMILES string of the molecule is CC(NC(=O)N1CCc2cnc(Nc3ccnc(C4CC4)c3)cc2C1)c1ccc(Cl)c(Cl)c1. The van der Waals surface area contributed by atoms with E-state index in [9.17, 15) is 4.79 Å². The number of pyridine rings is 2. The quantitative estimate of drug-likeness (QED) is 0.452. The first-order valence-electron chi connectivity index (χ1n) is 11.2. The molecule has 1 fully saturated rings. The number of nitrogens with one attached hydrogen (secondary N) is 2. The van der Waals surface area contributed by atoms with Gasteiger partial charge in [0.2, 0.25) is 0 Å². The maximum Gasteiger partial charge on any atom is 0.318 e. The average molecular weight is 482 g/mol. The summed E-state index contributed by atoms with van der Waals surface area (Å²) in [5, 5.41) is 7.44. The van der Waals surface area contributed by atoms with Crippen LogP contribution in [0, 0.1) is 0 Å². The maximum atomic E-state index is 12.9. The molecular weight excluding hydrogens is 457 g/mol. The standard InChI is InChI=1S/C25H25Cl2N5O/c1-15(17-4-5-21(26)22(27)10-17)30-25(33)32-9-7-18-13-29-24(11-19(18)14-32)31-20-6-8-28-23(12-20)16-2-3-16/h4-6,8,10-13,15-16H,2-3,7,9,14H2,1H3,(H,30,33)(H,28,29,31). The zero-order valence-corrected chi connectivity index (χ0v) is 19.8. The number of benzene rings is 1. The second kappa shape index (κ2) is 9.20. The van der Waals surface area contributed by atoms with Crippen molar-refractivity contribution < 1.29 is 4.79 Å². The Balaban J connectivity index is 1.25. The fourth-order valence-corrected chi connectivity index (χ4v) is 4.40. The Hall–Kier alpha value is -2.83. The third-order valence-corrected chi connectivity index (χ3v) is 6.95. The van der Waals surface area contributed by atoms with E-state index in [0.29, 0.717) is 29.1 Å². The van der Waals surface area contributed by atoms with Crippen LogP contribution in [0.2, 0.25) is 10.0 Å². The Labute approximate surface area is 203 Å². The molecule has 2 N–H and O–H groups in total. The molecular formula is C25H25Cl2N5O. The molecule has 0 bridgehead atoms. The maximum absolute atomic E-state index is 12.9. The average Bonchev–Trinajstić information content (AvgIpc) is 3.66. The molecule has 1 aromatic carbocycles. The van der Waals surface area contributed by atoms with Crippen LogP contribution < -0.4 is 10.6 Å². The molecule has 0 spiro atoms. The zero-order valence-electron chi connectivity index (χ0n) is 18.3. The highest BCUT2D eigenvalue weighted by atomic mass is 35.5. The monoisotopic (exact) mass is 481 g/mol. The summed E-state index contributed by atoms with van der Waals surface area (Å²) >= 11 is 12.1. The minimum Gasteiger partial charge on any atom is -0.340 e. The fourth-order valence-electron chi connectivity index (χ4n) is 4.10. The van der Waals surface area contributed by atoms with Crippen LogP contribution in [-0.4, -0.2) is 27.4 Å². The van der Waals surface area contributed by atoms with Crippen molar-refractivity contribution in [3.05, 3.63) is 81.2 Å². The van der Waals surface area contributed by atoms with Gasteiger partial charge in [0.15, 0.2) is 0 Å². The van der Waals surface area contributed by atoms with E-state index in [-0.39, 0.29) is 12.1 Å². The molecule has 1 atom stereocenters. The summed E-state index contributed by atoms with van der Waals surface area (Å²) in [6, 6.07) is 11.2. The summed E-state index contributed by atoms with van der Waals surface area (Å²) in [6.07, 6.45) is 6.96. The molecule has 33 heavy (non-hydrogen) atoms. The van der Waals surface area contributed by atoms with Crippen molar-refractivity contribution in [2.45, 2.75) is 44.7 Å². The number of fused-ring (bicyclic) bond motifs is 1. The largest absolute Gasteiger partial charge is 0.340 e. The van der Waals surface area contributed by atoms with Gasteiger partial charge in [0.05, 0.1) is 16.1 Å². The van der Waals surface area contributed by atoms with Gasteiger partial charge in [-0.15, -0.1) is 0 Å². The smallest absolute Gasteiger partial charge is 0.318 e. The van der Waals surface area contributed by atoms with Crippen LogP contribution in [0.15, 0.2) is 48.8 Å². The van der Waals surface area contributed by atoms with Crippen LogP contribution in [0.1, 0.15) is 54.1 Å². The predicted molar refractivity (Wildman–Crippen MR) is 131 cm³/mol. The number of aromatic nitrogens is 2. The first kappa shape index (κ1) is 22.0. The number of hydrogen-bond acceptors (Lipinski definition) is 4. The minimum absolute atomic E-state index is 0.103. The van der Waals surface area contributed by atoms with Crippen LogP contribution in [-0.2, 0) is 13.0 Å². The number of halogens is 2. The number of amides is 2. The Morgan fingerprint density at radius 1 is 1.09 bits per heavy atom. The van der Waals surface area contributed by atoms with E-state index in [4.69, 9.17) is 23.2 Å². The van der Waals surface area contributed by atoms with E-state index in [0.717, 1.165) is 34.7 Å². The van der Waals surface area contributed by atoms with Crippen molar-refractivity contribution in [3.63, 3.8) is 0 Å². The lowest BCUT2D eigenvalue weighted by Crippen LogP contribution is -2.43. The Bertz CT molecular complexity index is 1200. The molecule has 0 radical (unpaired) electrons. The van der Waals surface area contributed by atoms with Gasteiger partial charge in [-0.3, -0.25) is 4.98 Å². The first-order valence-corrected chi connectivity index (χ1v) is 11.9. The number of nitrogens with zero attached hydrogens (tertiary/aromatic N) is 3. The molecule has 2 amide bonds. The molecule has 2 aromatic heterocycles. The molecule has 6 nitrogen and oxygen atoms in total. The second-order valence-corrected chi connectivity index (χ2v) is 9.54. The highest BCUT2D eigenvalue weighted by molar-refractivity contribution is 6.42. The number of urea groups is 1. The van der Waals surface area contributed by atoms with Gasteiger partial charge >= 0.3 is 6.03 Å². The Morgan fingerprint density at radius 3 is 2.73 bits per heavy atom. The summed E-state index contributed by atoms with van der Waals surface area (Å²) in [5.74, 6) is 1.37. The van der Waals surface area contributed by atoms with Crippen LogP contribution in [0.4, 0.5) is 16.3 Å². The van der Waals surface area contributed by atoms with Crippen molar-refractivity contribution in [2.75, 3.05) is 11.9 Å². The Kier molecular flexibility index (Phi) is 6.13. The van der Waals surface area contributed by atoms with Gasteiger partial charge in [-0.05, 0) is 73.2 Å². The van der Waals surface area contributed by atoms with Crippen LogP contribution in [0.3, 0.4) is 0 Å². The molecule has 3 aromatic rings. The third kappa shape index (κ3) is 5.07. The third-order valence-electron chi connectivity index (χ3n) is 6.22. The Morgan fingerprint density at radius 2 is 1.94 bits per heavy atom. The normalized spacial score (nSPS) is 16.2. The van der Waals surface area contributed by atoms with E-state index in [1.54, 1.807) is 12.1 Å². The van der Waals surface area contributed by atoms with E-state index >= 15 is 0 Å². The molecule has 8 heteroatoms. The molecule has 0 saturated heterocycles. The summed E-state index contributed by atoms with van der Waals surface area (Å²) in [4.78, 5) is 23.8. The van der Waals surface area contributed by atoms with Gasteiger partial charge in [0.25, 0.3) is 0 Å². The number of carbonyl (C=O) groups excluding carboxylic acids is 1. The molecule has 170 valence electrons. The van der Waals surface area contributed by atoms with Crippen molar-refractivity contribution in [1.82, 2.24) is 20.2 Å². The van der Waals surface area contributed by atoms with Crippen molar-refractivity contribution in [2.24, 2.45) is 0 Å². The lowest BCUT2D eigenvalue weighted by Gasteiger charge is -2.30. The van der Waals surface area contributed by atoms with Gasteiger partial charge < -0.3 is 15.5 Å². The van der Waals surface area contributed by atoms with E-state index < -0.39 is 0 Å². The molecule has 1 aliphatic heterocycles. The highest BCUT2D eigenvalue weighted by Crippen LogP contribution is 2.39. The summed E-state index contributed by atoms with van der Waals surface area (Å²) < 4.78 is 0. The van der Waals surface area contributed by atoms with Gasteiger partial charge in [-0.1, -0.05) is 29.3 Å². The molecule has 2 aliphatic rings. The van der Waals surface area contributed by atoms with Crippen LogP contribution in [0.25, 0.3) is 0 Å². The lowest BCUT2D eigenvalue weighted by molar-refractivity contribution is 0.189. The topological polar surface area (TPSA) is 70.2 Å². The second-order valence-electron chi connectivity index (χ2n) is 8.72. The lowest BCUT2D eigenvalue weighted by atomic mass is 10.0. The minimum atomic E-state index is -0.185. The van der Waals surface area contributed by atoms with Crippen LogP contribution >= 0.6 is 23.2 Å². The van der Waals surface area contributed by atoms with E-state index in [1.165, 1.54) is 18.4 Å². The summed E-state index contributed by atoms with van der Waals surface area (Å²) in [7, 11) is 0. The molecule has 1 aliphatic carbocycles. The van der Waals surface area contributed by atoms with Crippen molar-refractivity contribution >= 4 is 40.7 Å². The highest BCUT2D eigenvalue weighted by Gasteiger charge is 2.25. The first-order chi connectivity index (χ1) is 16.0. The molecule has 5 rings (SSSR count). The summed E-state index contributed by atoms with van der Waals surface area (Å²) in [6.45, 7) is 3.12. The van der Waals surface area contributed by atoms with Gasteiger partial charge in [-0.2, -0.15) is 0 Å². The van der Waals surface area contributed by atoms with E-state index in [2.05, 4.69) is 26.7 Å². The van der Waals surface area contributed by atoms with Gasteiger partial charge in [0, 0.05) is 42.8 Å². The van der Waals surface area contributed by atoms with Crippen molar-refractivity contribution in [3.8, 4) is 0 Å². The predicted octanol–water partition coefficient (Wildman–Crippen LogP) is 6.23. The molecule has 1 unspecified atom stereocenters. The fraction of sp³-hybridized carbons (Fsp3) is 0.320. The van der Waals surface area contributed by atoms with Gasteiger partial charge in [0.1, 0.15) is 5.82 Å².